The first-order valence-electron chi connectivity index (χ1n) is 7.59. The van der Waals surface area contributed by atoms with Crippen LogP contribution in [0.4, 0.5) is 5.69 Å². The highest BCUT2D eigenvalue weighted by Crippen LogP contribution is 2.44. The van der Waals surface area contributed by atoms with Crippen LogP contribution in [0, 0.1) is 12.3 Å². The van der Waals surface area contributed by atoms with E-state index < -0.39 is 11.4 Å². The van der Waals surface area contributed by atoms with E-state index in [4.69, 9.17) is 5.11 Å². The lowest BCUT2D eigenvalue weighted by Gasteiger charge is -2.39. The molecule has 1 aliphatic carbocycles. The Hall–Kier alpha value is -1.88. The SMILES string of the molecule is Cc1cc(CN(C)C)cc(NC(=O)C2(CC(=O)O)CCC2)c1. The minimum Gasteiger partial charge on any atom is -0.481 e. The van der Waals surface area contributed by atoms with Crippen LogP contribution in [0.5, 0.6) is 0 Å². The van der Waals surface area contributed by atoms with E-state index >= 15 is 0 Å². The Morgan fingerprint density at radius 2 is 1.95 bits per heavy atom. The quantitative estimate of drug-likeness (QED) is 0.847. The van der Waals surface area contributed by atoms with Crippen molar-refractivity contribution >= 4 is 17.6 Å². The van der Waals surface area contributed by atoms with Gasteiger partial charge in [0.1, 0.15) is 0 Å². The number of aryl methyl sites for hydroxylation is 1. The summed E-state index contributed by atoms with van der Waals surface area (Å²) in [4.78, 5) is 25.6. The van der Waals surface area contributed by atoms with Crippen molar-refractivity contribution in [1.82, 2.24) is 4.90 Å². The van der Waals surface area contributed by atoms with Gasteiger partial charge in [0.05, 0.1) is 11.8 Å². The lowest BCUT2D eigenvalue weighted by atomic mass is 9.66. The summed E-state index contributed by atoms with van der Waals surface area (Å²) in [6, 6.07) is 5.97. The minimum absolute atomic E-state index is 0.0881. The van der Waals surface area contributed by atoms with Gasteiger partial charge in [-0.2, -0.15) is 0 Å². The summed E-state index contributed by atoms with van der Waals surface area (Å²) in [5.74, 6) is -1.07. The lowest BCUT2D eigenvalue weighted by Crippen LogP contribution is -2.43. The Morgan fingerprint density at radius 1 is 1.27 bits per heavy atom. The average Bonchev–Trinajstić information content (AvgIpc) is 2.31. The Labute approximate surface area is 131 Å². The first-order valence-corrected chi connectivity index (χ1v) is 7.59. The van der Waals surface area contributed by atoms with Crippen molar-refractivity contribution in [2.75, 3.05) is 19.4 Å². The monoisotopic (exact) mass is 304 g/mol. The molecule has 2 N–H and O–H groups in total. The molecule has 0 heterocycles. The lowest BCUT2D eigenvalue weighted by molar-refractivity contribution is -0.147. The van der Waals surface area contributed by atoms with Gasteiger partial charge in [-0.05, 0) is 57.1 Å². The van der Waals surface area contributed by atoms with Crippen molar-refractivity contribution in [3.63, 3.8) is 0 Å². The van der Waals surface area contributed by atoms with Crippen molar-refractivity contribution in [2.45, 2.75) is 39.2 Å². The number of amides is 1. The van der Waals surface area contributed by atoms with Gasteiger partial charge in [0.2, 0.25) is 5.91 Å². The number of anilines is 1. The summed E-state index contributed by atoms with van der Waals surface area (Å²) in [5.41, 5.74) is 2.23. The Bertz CT molecular complexity index is 577. The predicted octanol–water partition coefficient (Wildman–Crippen LogP) is 2.64. The number of nitrogens with one attached hydrogen (secondary N) is 1. The van der Waals surface area contributed by atoms with Crippen LogP contribution in [0.3, 0.4) is 0 Å². The standard InChI is InChI=1S/C17H24N2O3/c1-12-7-13(11-19(2)3)9-14(8-12)18-16(22)17(5-4-6-17)10-15(20)21/h7-9H,4-6,10-11H2,1-3H3,(H,18,22)(H,20,21). The van der Waals surface area contributed by atoms with E-state index in [2.05, 4.69) is 16.3 Å². The average molecular weight is 304 g/mol. The van der Waals surface area contributed by atoms with Crippen LogP contribution in [0.2, 0.25) is 0 Å². The fraction of sp³-hybridized carbons (Fsp3) is 0.529. The number of carboxylic acid groups (broad SMARTS) is 1. The van der Waals surface area contributed by atoms with Crippen LogP contribution in [0.25, 0.3) is 0 Å². The van der Waals surface area contributed by atoms with Gasteiger partial charge in [-0.1, -0.05) is 12.5 Å². The topological polar surface area (TPSA) is 69.6 Å². The second-order valence-corrected chi connectivity index (χ2v) is 6.60. The molecule has 5 heteroatoms. The number of carbonyl (C=O) groups excluding carboxylic acids is 1. The van der Waals surface area contributed by atoms with E-state index in [0.717, 1.165) is 29.8 Å². The van der Waals surface area contributed by atoms with Crippen LogP contribution in [-0.2, 0) is 16.1 Å². The van der Waals surface area contributed by atoms with Crippen LogP contribution >= 0.6 is 0 Å². The zero-order valence-corrected chi connectivity index (χ0v) is 13.5. The molecule has 0 bridgehead atoms. The Balaban J connectivity index is 2.14. The van der Waals surface area contributed by atoms with Gasteiger partial charge >= 0.3 is 5.97 Å². The number of hydrogen-bond donors (Lipinski definition) is 2. The maximum absolute atomic E-state index is 12.5. The number of hydrogen-bond acceptors (Lipinski definition) is 3. The molecule has 0 spiro atoms. The van der Waals surface area contributed by atoms with Crippen LogP contribution in [0.15, 0.2) is 18.2 Å². The highest BCUT2D eigenvalue weighted by molar-refractivity contribution is 5.98. The van der Waals surface area contributed by atoms with Crippen LogP contribution in [0.1, 0.15) is 36.8 Å². The molecular weight excluding hydrogens is 280 g/mol. The number of carboxylic acids is 1. The summed E-state index contributed by atoms with van der Waals surface area (Å²) < 4.78 is 0. The van der Waals surface area contributed by atoms with Crippen molar-refractivity contribution in [2.24, 2.45) is 5.41 Å². The summed E-state index contributed by atoms with van der Waals surface area (Å²) in [6.07, 6.45) is 2.14. The van der Waals surface area contributed by atoms with Crippen molar-refractivity contribution in [1.29, 1.82) is 0 Å². The molecule has 0 unspecified atom stereocenters. The van der Waals surface area contributed by atoms with E-state index in [1.807, 2.05) is 33.2 Å². The van der Waals surface area contributed by atoms with E-state index in [1.54, 1.807) is 0 Å². The van der Waals surface area contributed by atoms with Crippen molar-refractivity contribution in [3.8, 4) is 0 Å². The second-order valence-electron chi connectivity index (χ2n) is 6.60. The third-order valence-electron chi connectivity index (χ3n) is 4.18. The number of nitrogens with zero attached hydrogens (tertiary/aromatic N) is 1. The summed E-state index contributed by atoms with van der Waals surface area (Å²) in [7, 11) is 3.99. The van der Waals surface area contributed by atoms with Crippen LogP contribution < -0.4 is 5.32 Å². The molecule has 120 valence electrons. The van der Waals surface area contributed by atoms with E-state index in [9.17, 15) is 9.59 Å². The molecule has 5 nitrogen and oxygen atoms in total. The normalized spacial score (nSPS) is 16.2. The third-order valence-corrected chi connectivity index (χ3v) is 4.18. The number of carbonyl (C=O) groups is 2. The molecule has 0 saturated heterocycles. The summed E-state index contributed by atoms with van der Waals surface area (Å²) in [5, 5.41) is 12.0. The Morgan fingerprint density at radius 3 is 2.45 bits per heavy atom. The molecule has 1 saturated carbocycles. The van der Waals surface area contributed by atoms with Gasteiger partial charge in [0.15, 0.2) is 0 Å². The molecule has 1 amide bonds. The summed E-state index contributed by atoms with van der Waals surface area (Å²) >= 11 is 0. The fourth-order valence-corrected chi connectivity index (χ4v) is 3.03. The highest BCUT2D eigenvalue weighted by atomic mass is 16.4. The molecule has 0 radical (unpaired) electrons. The molecule has 0 aliphatic heterocycles. The molecule has 1 aromatic rings. The van der Waals surface area contributed by atoms with Gasteiger partial charge in [-0.15, -0.1) is 0 Å². The molecule has 0 aromatic heterocycles. The molecule has 1 aliphatic rings. The van der Waals surface area contributed by atoms with E-state index in [0.29, 0.717) is 12.8 Å². The molecule has 22 heavy (non-hydrogen) atoms. The number of benzene rings is 1. The highest BCUT2D eigenvalue weighted by Gasteiger charge is 2.45. The van der Waals surface area contributed by atoms with Gasteiger partial charge in [0.25, 0.3) is 0 Å². The van der Waals surface area contributed by atoms with Crippen LogP contribution in [-0.4, -0.2) is 36.0 Å². The number of aliphatic carboxylic acids is 1. The fourth-order valence-electron chi connectivity index (χ4n) is 3.03. The largest absolute Gasteiger partial charge is 0.481 e. The van der Waals surface area contributed by atoms with Crippen molar-refractivity contribution < 1.29 is 14.7 Å². The van der Waals surface area contributed by atoms with Gasteiger partial charge in [0, 0.05) is 12.2 Å². The molecule has 0 atom stereocenters. The van der Waals surface area contributed by atoms with E-state index in [1.165, 1.54) is 0 Å². The smallest absolute Gasteiger partial charge is 0.304 e. The molecule has 1 fully saturated rings. The zero-order valence-electron chi connectivity index (χ0n) is 13.5. The van der Waals surface area contributed by atoms with Gasteiger partial charge in [-0.25, -0.2) is 0 Å². The first kappa shape index (κ1) is 16.5. The minimum atomic E-state index is -0.910. The third kappa shape index (κ3) is 3.85. The molecular formula is C17H24N2O3. The number of rotatable bonds is 6. The maximum atomic E-state index is 12.5. The van der Waals surface area contributed by atoms with Crippen molar-refractivity contribution in [3.05, 3.63) is 29.3 Å². The van der Waals surface area contributed by atoms with Gasteiger partial charge < -0.3 is 15.3 Å². The van der Waals surface area contributed by atoms with E-state index in [-0.39, 0.29) is 12.3 Å². The molecule has 2 rings (SSSR count). The molecule has 1 aromatic carbocycles. The maximum Gasteiger partial charge on any atom is 0.304 e. The first-order chi connectivity index (χ1) is 10.3. The Kier molecular flexibility index (Phi) is 4.86. The van der Waals surface area contributed by atoms with Gasteiger partial charge in [-0.3, -0.25) is 9.59 Å². The summed E-state index contributed by atoms with van der Waals surface area (Å²) in [6.45, 7) is 2.79. The zero-order chi connectivity index (χ0) is 16.3. The predicted molar refractivity (Wildman–Crippen MR) is 85.7 cm³/mol. The second kappa shape index (κ2) is 6.48.